The number of esters is 1. The molecule has 0 aromatic heterocycles. The summed E-state index contributed by atoms with van der Waals surface area (Å²) in [5, 5.41) is 0. The van der Waals surface area contributed by atoms with Crippen molar-refractivity contribution in [2.45, 2.75) is 111 Å². The summed E-state index contributed by atoms with van der Waals surface area (Å²) in [6, 6.07) is 10.5. The summed E-state index contributed by atoms with van der Waals surface area (Å²) in [7, 11) is 0. The SMILES string of the molecule is CCCCCCCCCCCCOCCOC(=O)C(C)(C)CC(CC)c1ccccc1. The van der Waals surface area contributed by atoms with Gasteiger partial charge >= 0.3 is 5.97 Å². The Morgan fingerprint density at radius 3 is 1.97 bits per heavy atom. The summed E-state index contributed by atoms with van der Waals surface area (Å²) in [4.78, 5) is 12.6. The van der Waals surface area contributed by atoms with E-state index in [0.29, 0.717) is 19.1 Å². The zero-order valence-electron chi connectivity index (χ0n) is 20.8. The quantitative estimate of drug-likeness (QED) is 0.164. The van der Waals surface area contributed by atoms with Crippen molar-refractivity contribution in [1.82, 2.24) is 0 Å². The number of benzene rings is 1. The van der Waals surface area contributed by atoms with E-state index in [2.05, 4.69) is 38.1 Å². The molecule has 0 saturated heterocycles. The summed E-state index contributed by atoms with van der Waals surface area (Å²) in [6.07, 6.45) is 15.1. The minimum Gasteiger partial charge on any atom is -0.463 e. The van der Waals surface area contributed by atoms with Crippen molar-refractivity contribution in [2.75, 3.05) is 19.8 Å². The van der Waals surface area contributed by atoms with Gasteiger partial charge in [-0.2, -0.15) is 0 Å². The molecule has 0 aliphatic rings. The number of ether oxygens (including phenoxy) is 2. The summed E-state index contributed by atoms with van der Waals surface area (Å²) >= 11 is 0. The Labute approximate surface area is 192 Å². The maximum Gasteiger partial charge on any atom is 0.311 e. The molecule has 0 saturated carbocycles. The zero-order chi connectivity index (χ0) is 22.8. The third-order valence-electron chi connectivity index (χ3n) is 6.18. The number of carbonyl (C=O) groups is 1. The number of unbranched alkanes of at least 4 members (excludes halogenated alkanes) is 9. The van der Waals surface area contributed by atoms with Gasteiger partial charge in [-0.3, -0.25) is 4.79 Å². The van der Waals surface area contributed by atoms with Crippen LogP contribution in [-0.2, 0) is 14.3 Å². The Balaban J connectivity index is 2.06. The molecule has 0 amide bonds. The highest BCUT2D eigenvalue weighted by Crippen LogP contribution is 2.34. The van der Waals surface area contributed by atoms with Crippen LogP contribution in [0.3, 0.4) is 0 Å². The van der Waals surface area contributed by atoms with Crippen LogP contribution in [0.4, 0.5) is 0 Å². The van der Waals surface area contributed by atoms with E-state index in [4.69, 9.17) is 9.47 Å². The van der Waals surface area contributed by atoms with Crippen molar-refractivity contribution in [3.8, 4) is 0 Å². The van der Waals surface area contributed by atoms with Crippen LogP contribution in [0.5, 0.6) is 0 Å². The van der Waals surface area contributed by atoms with E-state index in [9.17, 15) is 4.79 Å². The van der Waals surface area contributed by atoms with E-state index in [-0.39, 0.29) is 5.97 Å². The molecule has 0 bridgehead atoms. The first kappa shape index (κ1) is 27.7. The third kappa shape index (κ3) is 12.9. The van der Waals surface area contributed by atoms with Crippen LogP contribution in [-0.4, -0.2) is 25.8 Å². The first-order valence-electron chi connectivity index (χ1n) is 12.8. The van der Waals surface area contributed by atoms with Gasteiger partial charge in [0.25, 0.3) is 0 Å². The average Bonchev–Trinajstić information content (AvgIpc) is 2.78. The fourth-order valence-electron chi connectivity index (χ4n) is 4.10. The molecule has 1 atom stereocenters. The molecule has 0 spiro atoms. The average molecular weight is 433 g/mol. The van der Waals surface area contributed by atoms with Gasteiger partial charge < -0.3 is 9.47 Å². The van der Waals surface area contributed by atoms with Gasteiger partial charge in [-0.25, -0.2) is 0 Å². The van der Waals surface area contributed by atoms with Crippen molar-refractivity contribution < 1.29 is 14.3 Å². The van der Waals surface area contributed by atoms with Crippen LogP contribution in [0.1, 0.15) is 116 Å². The number of hydrogen-bond acceptors (Lipinski definition) is 3. The van der Waals surface area contributed by atoms with Gasteiger partial charge in [0, 0.05) is 6.61 Å². The van der Waals surface area contributed by atoms with Crippen molar-refractivity contribution in [1.29, 1.82) is 0 Å². The highest BCUT2D eigenvalue weighted by atomic mass is 16.6. The minimum absolute atomic E-state index is 0.121. The van der Waals surface area contributed by atoms with Crippen molar-refractivity contribution in [3.63, 3.8) is 0 Å². The Morgan fingerprint density at radius 2 is 1.39 bits per heavy atom. The second-order valence-corrected chi connectivity index (χ2v) is 9.53. The highest BCUT2D eigenvalue weighted by Gasteiger charge is 2.32. The molecule has 3 nitrogen and oxygen atoms in total. The second-order valence-electron chi connectivity index (χ2n) is 9.53. The minimum atomic E-state index is -0.493. The topological polar surface area (TPSA) is 35.5 Å². The molecule has 1 aromatic rings. The van der Waals surface area contributed by atoms with Gasteiger partial charge in [-0.15, -0.1) is 0 Å². The number of rotatable bonds is 19. The fraction of sp³-hybridized carbons (Fsp3) is 0.750. The lowest BCUT2D eigenvalue weighted by atomic mass is 9.79. The summed E-state index contributed by atoms with van der Waals surface area (Å²) in [5.74, 6) is 0.251. The smallest absolute Gasteiger partial charge is 0.311 e. The van der Waals surface area contributed by atoms with E-state index in [1.54, 1.807) is 0 Å². The van der Waals surface area contributed by atoms with E-state index in [1.165, 1.54) is 63.4 Å². The fourth-order valence-corrected chi connectivity index (χ4v) is 4.10. The van der Waals surface area contributed by atoms with Gasteiger partial charge in [0.15, 0.2) is 0 Å². The van der Waals surface area contributed by atoms with Crippen molar-refractivity contribution in [3.05, 3.63) is 35.9 Å². The Bertz CT molecular complexity index is 553. The summed E-state index contributed by atoms with van der Waals surface area (Å²) in [5.41, 5.74) is 0.804. The molecular formula is C28H48O3. The Kier molecular flexibility index (Phi) is 15.4. The Morgan fingerprint density at radius 1 is 0.806 bits per heavy atom. The lowest BCUT2D eigenvalue weighted by Gasteiger charge is -2.27. The van der Waals surface area contributed by atoms with Crippen LogP contribution in [0.15, 0.2) is 30.3 Å². The molecule has 0 aliphatic carbocycles. The maximum absolute atomic E-state index is 12.6. The van der Waals surface area contributed by atoms with E-state index < -0.39 is 5.41 Å². The Hall–Kier alpha value is -1.35. The van der Waals surface area contributed by atoms with Crippen molar-refractivity contribution in [2.24, 2.45) is 5.41 Å². The van der Waals surface area contributed by atoms with Gasteiger partial charge in [-0.1, -0.05) is 102 Å². The monoisotopic (exact) mass is 432 g/mol. The third-order valence-corrected chi connectivity index (χ3v) is 6.18. The van der Waals surface area contributed by atoms with Crippen LogP contribution < -0.4 is 0 Å². The first-order chi connectivity index (χ1) is 15.0. The zero-order valence-corrected chi connectivity index (χ0v) is 20.8. The molecule has 1 aromatic carbocycles. The molecule has 3 heteroatoms. The standard InChI is InChI=1S/C28H48O3/c1-5-7-8-9-10-11-12-13-14-18-21-30-22-23-31-27(29)28(3,4)24-25(6-2)26-19-16-15-17-20-26/h15-17,19-20,25H,5-14,18,21-24H2,1-4H3. The largest absolute Gasteiger partial charge is 0.463 e. The molecule has 1 unspecified atom stereocenters. The van der Waals surface area contributed by atoms with E-state index in [1.807, 2.05) is 19.9 Å². The van der Waals surface area contributed by atoms with E-state index in [0.717, 1.165) is 25.9 Å². The van der Waals surface area contributed by atoms with Crippen molar-refractivity contribution >= 4 is 5.97 Å². The summed E-state index contributed by atoms with van der Waals surface area (Å²) in [6.45, 7) is 10.0. The van der Waals surface area contributed by atoms with Gasteiger partial charge in [0.2, 0.25) is 0 Å². The lowest BCUT2D eigenvalue weighted by molar-refractivity contribution is -0.156. The predicted octanol–water partition coefficient (Wildman–Crippen LogP) is 8.08. The van der Waals surface area contributed by atoms with Crippen LogP contribution >= 0.6 is 0 Å². The number of hydrogen-bond donors (Lipinski definition) is 0. The normalized spacial score (nSPS) is 12.6. The van der Waals surface area contributed by atoms with Crippen LogP contribution in [0, 0.1) is 5.41 Å². The highest BCUT2D eigenvalue weighted by molar-refractivity contribution is 5.76. The molecular weight excluding hydrogens is 384 g/mol. The van der Waals surface area contributed by atoms with Gasteiger partial charge in [0.1, 0.15) is 6.61 Å². The summed E-state index contributed by atoms with van der Waals surface area (Å²) < 4.78 is 11.2. The molecule has 0 fully saturated rings. The lowest BCUT2D eigenvalue weighted by Crippen LogP contribution is -2.29. The molecule has 0 aliphatic heterocycles. The maximum atomic E-state index is 12.6. The molecule has 31 heavy (non-hydrogen) atoms. The molecule has 1 rings (SSSR count). The molecule has 0 radical (unpaired) electrons. The molecule has 0 N–H and O–H groups in total. The molecule has 0 heterocycles. The first-order valence-corrected chi connectivity index (χ1v) is 12.8. The van der Waals surface area contributed by atoms with E-state index >= 15 is 0 Å². The molecule has 178 valence electrons. The van der Waals surface area contributed by atoms with Gasteiger partial charge in [-0.05, 0) is 44.6 Å². The van der Waals surface area contributed by atoms with Crippen LogP contribution in [0.25, 0.3) is 0 Å². The number of carbonyl (C=O) groups excluding carboxylic acids is 1. The van der Waals surface area contributed by atoms with Gasteiger partial charge in [0.05, 0.1) is 12.0 Å². The predicted molar refractivity (Wildman–Crippen MR) is 131 cm³/mol. The second kappa shape index (κ2) is 17.2. The van der Waals surface area contributed by atoms with Crippen LogP contribution in [0.2, 0.25) is 0 Å².